The van der Waals surface area contributed by atoms with E-state index in [1.807, 2.05) is 83.1 Å². The Labute approximate surface area is 302 Å². The van der Waals surface area contributed by atoms with Crippen molar-refractivity contribution in [1.82, 2.24) is 20.9 Å². The van der Waals surface area contributed by atoms with E-state index < -0.39 is 52.5 Å². The van der Waals surface area contributed by atoms with Gasteiger partial charge in [0.05, 0.1) is 5.54 Å². The molecule has 1 fully saturated rings. The molecule has 0 bridgehead atoms. The van der Waals surface area contributed by atoms with E-state index in [2.05, 4.69) is 16.0 Å². The molecule has 0 aromatic heterocycles. The van der Waals surface area contributed by atoms with Crippen LogP contribution < -0.4 is 20.7 Å². The molecule has 3 N–H and O–H groups in total. The molecule has 0 aliphatic carbocycles. The Balaban J connectivity index is 1.69. The number of rotatable bonds is 15. The predicted octanol–water partition coefficient (Wildman–Crippen LogP) is 5.13. The maximum Gasteiger partial charge on any atom is 0.410 e. The molecule has 2 aromatic rings. The van der Waals surface area contributed by atoms with Crippen LogP contribution in [0.5, 0.6) is 5.75 Å². The van der Waals surface area contributed by atoms with Gasteiger partial charge in [-0.15, -0.1) is 0 Å². The lowest BCUT2D eigenvalue weighted by Crippen LogP contribution is -2.63. The second-order valence-corrected chi connectivity index (χ2v) is 15.4. The second-order valence-electron chi connectivity index (χ2n) is 15.4. The highest BCUT2D eigenvalue weighted by Gasteiger charge is 2.46. The highest BCUT2D eigenvalue weighted by atomic mass is 16.6. The molecule has 12 heteroatoms. The standard InChI is InChI=1S/C39H56N4O8/c1-26-15-17-30(49-25-39(9)21-22-43(39)36(48)51-38(6,7)8)23-29(26)24-40-34(46)31(18-16-28-13-11-10-12-14-28)42-35(47)32(41-27(2)44)19-20-33(45)50-37(3,4)5/h10-15,17,23,31-32H,16,18-22,24-25H2,1-9H3,(H,40,46)(H,41,44)(H,42,47). The summed E-state index contributed by atoms with van der Waals surface area (Å²) in [5.41, 5.74) is 0.969. The van der Waals surface area contributed by atoms with Crippen molar-refractivity contribution < 1.29 is 38.2 Å². The van der Waals surface area contributed by atoms with Gasteiger partial charge < -0.3 is 30.2 Å². The first kappa shape index (κ1) is 40.8. The molecule has 3 unspecified atom stereocenters. The van der Waals surface area contributed by atoms with Gasteiger partial charge >= 0.3 is 12.1 Å². The Kier molecular flexibility index (Phi) is 14.0. The summed E-state index contributed by atoms with van der Waals surface area (Å²) in [5.74, 6) is -1.30. The van der Waals surface area contributed by atoms with Gasteiger partial charge in [-0.25, -0.2) is 4.79 Å². The highest BCUT2D eigenvalue weighted by molar-refractivity contribution is 5.92. The number of hydrogen-bond acceptors (Lipinski definition) is 8. The van der Waals surface area contributed by atoms with Crippen molar-refractivity contribution in [2.75, 3.05) is 13.2 Å². The molecule has 1 aliphatic rings. The van der Waals surface area contributed by atoms with Gasteiger partial charge in [0.2, 0.25) is 17.7 Å². The highest BCUT2D eigenvalue weighted by Crippen LogP contribution is 2.33. The normalized spacial score (nSPS) is 16.9. The fraction of sp³-hybridized carbons (Fsp3) is 0.564. The maximum atomic E-state index is 13.7. The van der Waals surface area contributed by atoms with Gasteiger partial charge in [0, 0.05) is 26.4 Å². The lowest BCUT2D eigenvalue weighted by molar-refractivity contribution is -0.155. The fourth-order valence-electron chi connectivity index (χ4n) is 5.52. The smallest absolute Gasteiger partial charge is 0.410 e. The maximum absolute atomic E-state index is 13.7. The molecule has 3 atom stereocenters. The van der Waals surface area contributed by atoms with Crippen LogP contribution >= 0.6 is 0 Å². The number of esters is 1. The molecule has 1 saturated heterocycles. The zero-order chi connectivity index (χ0) is 38.0. The Bertz CT molecular complexity index is 1530. The van der Waals surface area contributed by atoms with Crippen LogP contribution in [-0.2, 0) is 41.6 Å². The zero-order valence-electron chi connectivity index (χ0n) is 31.6. The molecular weight excluding hydrogens is 652 g/mol. The van der Waals surface area contributed by atoms with Crippen LogP contribution in [0.2, 0.25) is 0 Å². The van der Waals surface area contributed by atoms with Gasteiger partial charge in [0.25, 0.3) is 0 Å². The molecule has 2 aromatic carbocycles. The number of likely N-dealkylation sites (tertiary alicyclic amines) is 1. The summed E-state index contributed by atoms with van der Waals surface area (Å²) in [6.07, 6.45) is 1.15. The number of amides is 4. The van der Waals surface area contributed by atoms with Crippen molar-refractivity contribution in [3.8, 4) is 5.75 Å². The predicted molar refractivity (Wildman–Crippen MR) is 194 cm³/mol. The summed E-state index contributed by atoms with van der Waals surface area (Å²) in [6.45, 7) is 17.0. The minimum absolute atomic E-state index is 0.00785. The van der Waals surface area contributed by atoms with Crippen LogP contribution in [0.25, 0.3) is 0 Å². The number of carbonyl (C=O) groups is 5. The summed E-state index contributed by atoms with van der Waals surface area (Å²) in [6, 6.07) is 13.3. The number of nitrogens with zero attached hydrogens (tertiary/aromatic N) is 1. The number of carbonyl (C=O) groups excluding carboxylic acids is 5. The molecule has 0 saturated carbocycles. The number of hydrogen-bond donors (Lipinski definition) is 3. The van der Waals surface area contributed by atoms with Gasteiger partial charge in [-0.3, -0.25) is 24.1 Å². The van der Waals surface area contributed by atoms with Gasteiger partial charge in [-0.2, -0.15) is 0 Å². The van der Waals surface area contributed by atoms with Crippen LogP contribution in [0.1, 0.15) is 97.8 Å². The minimum atomic E-state index is -1.04. The van der Waals surface area contributed by atoms with Crippen LogP contribution in [0.15, 0.2) is 48.5 Å². The number of ether oxygens (including phenoxy) is 3. The first-order valence-corrected chi connectivity index (χ1v) is 17.6. The summed E-state index contributed by atoms with van der Waals surface area (Å²) in [5, 5.41) is 8.39. The van der Waals surface area contributed by atoms with Crippen LogP contribution in [0.3, 0.4) is 0 Å². The largest absolute Gasteiger partial charge is 0.491 e. The summed E-state index contributed by atoms with van der Waals surface area (Å²) < 4.78 is 17.1. The quantitative estimate of drug-likeness (QED) is 0.215. The first-order chi connectivity index (χ1) is 23.7. The Hall–Kier alpha value is -4.61. The third-order valence-corrected chi connectivity index (χ3v) is 8.41. The average Bonchev–Trinajstić information content (AvgIpc) is 3.01. The average molecular weight is 709 g/mol. The Morgan fingerprint density at radius 3 is 2.10 bits per heavy atom. The van der Waals surface area contributed by atoms with Crippen LogP contribution in [0, 0.1) is 6.92 Å². The first-order valence-electron chi connectivity index (χ1n) is 17.6. The molecule has 1 heterocycles. The van der Waals surface area contributed by atoms with Crippen molar-refractivity contribution in [3.63, 3.8) is 0 Å². The molecule has 1 aliphatic heterocycles. The topological polar surface area (TPSA) is 152 Å². The van der Waals surface area contributed by atoms with E-state index in [-0.39, 0.29) is 32.1 Å². The third-order valence-electron chi connectivity index (χ3n) is 8.41. The van der Waals surface area contributed by atoms with E-state index >= 15 is 0 Å². The van der Waals surface area contributed by atoms with Gasteiger partial charge in [-0.1, -0.05) is 36.4 Å². The van der Waals surface area contributed by atoms with E-state index in [1.165, 1.54) is 6.92 Å². The second kappa shape index (κ2) is 17.5. The third kappa shape index (κ3) is 13.6. The Morgan fingerprint density at radius 1 is 0.863 bits per heavy atom. The molecule has 0 radical (unpaired) electrons. The number of aryl methyl sites for hydroxylation is 2. The minimum Gasteiger partial charge on any atom is -0.491 e. The van der Waals surface area contributed by atoms with Crippen molar-refractivity contribution in [1.29, 1.82) is 0 Å². The van der Waals surface area contributed by atoms with E-state index in [9.17, 15) is 24.0 Å². The summed E-state index contributed by atoms with van der Waals surface area (Å²) in [4.78, 5) is 65.9. The molecule has 3 rings (SSSR count). The molecule has 4 amide bonds. The van der Waals surface area contributed by atoms with Crippen molar-refractivity contribution >= 4 is 29.8 Å². The molecule has 51 heavy (non-hydrogen) atoms. The van der Waals surface area contributed by atoms with Crippen molar-refractivity contribution in [3.05, 3.63) is 65.2 Å². The Morgan fingerprint density at radius 2 is 1.51 bits per heavy atom. The van der Waals surface area contributed by atoms with E-state index in [0.717, 1.165) is 23.1 Å². The molecular formula is C39H56N4O8. The lowest BCUT2D eigenvalue weighted by atomic mass is 9.88. The number of benzene rings is 2. The SMILES string of the molecule is CC(=O)NC(CCC(=O)OC(C)(C)C)C(=O)NC(CCc1ccccc1)C(=O)NCc1cc(OCC2(C)CCN2C(=O)OC(C)(C)C)ccc1C. The van der Waals surface area contributed by atoms with E-state index in [1.54, 1.807) is 25.7 Å². The van der Waals surface area contributed by atoms with E-state index in [4.69, 9.17) is 14.2 Å². The van der Waals surface area contributed by atoms with E-state index in [0.29, 0.717) is 25.1 Å². The van der Waals surface area contributed by atoms with Gasteiger partial charge in [0.15, 0.2) is 0 Å². The molecule has 280 valence electrons. The van der Waals surface area contributed by atoms with Gasteiger partial charge in [-0.05, 0) is 110 Å². The zero-order valence-corrected chi connectivity index (χ0v) is 31.6. The van der Waals surface area contributed by atoms with Crippen LogP contribution in [0.4, 0.5) is 4.79 Å². The van der Waals surface area contributed by atoms with Crippen LogP contribution in [-0.4, -0.2) is 76.7 Å². The molecule has 0 spiro atoms. The lowest BCUT2D eigenvalue weighted by Gasteiger charge is -2.49. The summed E-state index contributed by atoms with van der Waals surface area (Å²) in [7, 11) is 0. The monoisotopic (exact) mass is 708 g/mol. The number of nitrogens with one attached hydrogen (secondary N) is 3. The van der Waals surface area contributed by atoms with Crippen molar-refractivity contribution in [2.24, 2.45) is 0 Å². The van der Waals surface area contributed by atoms with Gasteiger partial charge in [0.1, 0.15) is 35.6 Å². The molecule has 12 nitrogen and oxygen atoms in total. The van der Waals surface area contributed by atoms with Crippen molar-refractivity contribution in [2.45, 2.75) is 130 Å². The summed E-state index contributed by atoms with van der Waals surface area (Å²) >= 11 is 0. The fourth-order valence-corrected chi connectivity index (χ4v) is 5.52.